The number of guanidine groups is 1. The van der Waals surface area contributed by atoms with Gasteiger partial charge in [-0.2, -0.15) is 4.98 Å². The second kappa shape index (κ2) is 10.4. The average molecular weight is 415 g/mol. The molecule has 2 aromatic rings. The molecule has 1 aliphatic heterocycles. The number of hydrogen-bond donors (Lipinski definition) is 1. The largest absolute Gasteiger partial charge is 0.492 e. The first-order valence-electron chi connectivity index (χ1n) is 10.7. The van der Waals surface area contributed by atoms with Crippen molar-refractivity contribution >= 4 is 5.96 Å². The van der Waals surface area contributed by atoms with Crippen LogP contribution < -0.4 is 10.1 Å². The molecule has 0 unspecified atom stereocenters. The summed E-state index contributed by atoms with van der Waals surface area (Å²) in [6.45, 7) is 14.9. The topological polar surface area (TPSA) is 79.0 Å². The smallest absolute Gasteiger partial charge is 0.232 e. The number of hydrogen-bond acceptors (Lipinski definition) is 6. The van der Waals surface area contributed by atoms with E-state index < -0.39 is 0 Å². The summed E-state index contributed by atoms with van der Waals surface area (Å²) in [5, 5.41) is 7.45. The van der Waals surface area contributed by atoms with Crippen LogP contribution in [-0.2, 0) is 12.0 Å². The molecule has 1 saturated heterocycles. The normalized spacial score (nSPS) is 16.0. The van der Waals surface area contributed by atoms with Gasteiger partial charge in [-0.05, 0) is 19.1 Å². The molecule has 0 aliphatic carbocycles. The molecular weight excluding hydrogens is 380 g/mol. The van der Waals surface area contributed by atoms with E-state index in [1.54, 1.807) is 0 Å². The van der Waals surface area contributed by atoms with E-state index >= 15 is 0 Å². The summed E-state index contributed by atoms with van der Waals surface area (Å²) >= 11 is 0. The van der Waals surface area contributed by atoms with Crippen LogP contribution in [0.3, 0.4) is 0 Å². The van der Waals surface area contributed by atoms with Crippen molar-refractivity contribution in [1.29, 1.82) is 0 Å². The van der Waals surface area contributed by atoms with Crippen LogP contribution in [-0.4, -0.2) is 71.8 Å². The molecule has 0 saturated carbocycles. The number of rotatable bonds is 7. The Hall–Kier alpha value is -2.61. The summed E-state index contributed by atoms with van der Waals surface area (Å²) in [5.41, 5.74) is -0.153. The number of nitrogens with one attached hydrogen (secondary N) is 1. The van der Waals surface area contributed by atoms with Crippen molar-refractivity contribution in [1.82, 2.24) is 25.3 Å². The number of piperazine rings is 1. The first kappa shape index (κ1) is 22.1. The van der Waals surface area contributed by atoms with Gasteiger partial charge in [0.25, 0.3) is 0 Å². The Bertz CT molecular complexity index is 791. The summed E-state index contributed by atoms with van der Waals surface area (Å²) < 4.78 is 11.2. The van der Waals surface area contributed by atoms with Gasteiger partial charge in [-0.1, -0.05) is 44.1 Å². The summed E-state index contributed by atoms with van der Waals surface area (Å²) in [7, 11) is 0. The van der Waals surface area contributed by atoms with Crippen LogP contribution in [0.2, 0.25) is 0 Å². The quantitative estimate of drug-likeness (QED) is 0.551. The van der Waals surface area contributed by atoms with Gasteiger partial charge in [0.15, 0.2) is 11.8 Å². The van der Waals surface area contributed by atoms with Crippen LogP contribution in [0.25, 0.3) is 0 Å². The minimum Gasteiger partial charge on any atom is -0.492 e. The molecule has 0 spiro atoms. The van der Waals surface area contributed by atoms with Crippen LogP contribution in [0.1, 0.15) is 39.4 Å². The van der Waals surface area contributed by atoms with Gasteiger partial charge < -0.3 is 19.5 Å². The predicted molar refractivity (Wildman–Crippen MR) is 118 cm³/mol. The molecule has 1 aliphatic rings. The maximum atomic E-state index is 5.82. The zero-order valence-corrected chi connectivity index (χ0v) is 18.6. The lowest BCUT2D eigenvalue weighted by Gasteiger charge is -2.36. The van der Waals surface area contributed by atoms with Crippen LogP contribution in [0.4, 0.5) is 0 Å². The third-order valence-electron chi connectivity index (χ3n) is 4.91. The Morgan fingerprint density at radius 3 is 2.53 bits per heavy atom. The van der Waals surface area contributed by atoms with E-state index in [1.165, 1.54) is 0 Å². The molecule has 1 aromatic carbocycles. The number of para-hydroxylation sites is 1. The van der Waals surface area contributed by atoms with Crippen molar-refractivity contribution in [3.63, 3.8) is 0 Å². The van der Waals surface area contributed by atoms with Crippen LogP contribution in [0.5, 0.6) is 5.75 Å². The Balaban J connectivity index is 1.47. The molecule has 0 bridgehead atoms. The van der Waals surface area contributed by atoms with Gasteiger partial charge in [0.2, 0.25) is 5.89 Å². The molecule has 1 aromatic heterocycles. The fourth-order valence-corrected chi connectivity index (χ4v) is 3.19. The van der Waals surface area contributed by atoms with Gasteiger partial charge in [0.05, 0.1) is 0 Å². The highest BCUT2D eigenvalue weighted by molar-refractivity contribution is 5.80. The highest BCUT2D eigenvalue weighted by atomic mass is 16.5. The van der Waals surface area contributed by atoms with Crippen molar-refractivity contribution < 1.29 is 9.26 Å². The van der Waals surface area contributed by atoms with Crippen LogP contribution in [0.15, 0.2) is 39.8 Å². The van der Waals surface area contributed by atoms with Gasteiger partial charge in [-0.25, -0.2) is 4.99 Å². The van der Waals surface area contributed by atoms with Gasteiger partial charge in [0.1, 0.15) is 18.9 Å². The van der Waals surface area contributed by atoms with E-state index in [0.29, 0.717) is 24.9 Å². The van der Waals surface area contributed by atoms with E-state index in [0.717, 1.165) is 51.0 Å². The minimum absolute atomic E-state index is 0.153. The highest BCUT2D eigenvalue weighted by Gasteiger charge is 2.22. The van der Waals surface area contributed by atoms with E-state index in [1.807, 2.05) is 30.3 Å². The van der Waals surface area contributed by atoms with Crippen molar-refractivity contribution in [2.45, 2.75) is 39.7 Å². The number of nitrogens with zero attached hydrogens (tertiary/aromatic N) is 5. The van der Waals surface area contributed by atoms with Crippen molar-refractivity contribution in [3.8, 4) is 5.75 Å². The molecule has 30 heavy (non-hydrogen) atoms. The molecule has 3 rings (SSSR count). The molecule has 1 fully saturated rings. The Morgan fingerprint density at radius 2 is 1.90 bits per heavy atom. The molecule has 8 nitrogen and oxygen atoms in total. The average Bonchev–Trinajstić information content (AvgIpc) is 3.22. The third kappa shape index (κ3) is 6.45. The lowest BCUT2D eigenvalue weighted by Crippen LogP contribution is -2.53. The van der Waals surface area contributed by atoms with Crippen LogP contribution >= 0.6 is 0 Å². The number of aromatic nitrogens is 2. The first-order valence-corrected chi connectivity index (χ1v) is 10.7. The lowest BCUT2D eigenvalue weighted by molar-refractivity contribution is 0.152. The fourth-order valence-electron chi connectivity index (χ4n) is 3.19. The first-order chi connectivity index (χ1) is 14.5. The zero-order valence-electron chi connectivity index (χ0n) is 18.6. The second-order valence-corrected chi connectivity index (χ2v) is 8.43. The van der Waals surface area contributed by atoms with E-state index in [2.05, 4.69) is 53.0 Å². The molecule has 8 heteroatoms. The molecule has 0 amide bonds. The maximum Gasteiger partial charge on any atom is 0.232 e. The Kier molecular flexibility index (Phi) is 7.68. The van der Waals surface area contributed by atoms with Crippen molar-refractivity contribution in [2.75, 3.05) is 45.9 Å². The SMILES string of the molecule is CCNC(=NCc1noc(C(C)(C)C)n1)N1CCN(CCOc2ccccc2)CC1. The van der Waals surface area contributed by atoms with Crippen LogP contribution in [0, 0.1) is 0 Å². The van der Waals surface area contributed by atoms with Gasteiger partial charge in [-0.3, -0.25) is 4.90 Å². The lowest BCUT2D eigenvalue weighted by atomic mass is 9.97. The summed E-state index contributed by atoms with van der Waals surface area (Å²) in [4.78, 5) is 13.9. The van der Waals surface area contributed by atoms with Gasteiger partial charge in [0, 0.05) is 44.7 Å². The van der Waals surface area contributed by atoms with E-state index in [9.17, 15) is 0 Å². The molecule has 2 heterocycles. The summed E-state index contributed by atoms with van der Waals surface area (Å²) in [5.74, 6) is 3.09. The highest BCUT2D eigenvalue weighted by Crippen LogP contribution is 2.19. The number of aliphatic imine (C=N–C) groups is 1. The van der Waals surface area contributed by atoms with Gasteiger partial charge >= 0.3 is 0 Å². The van der Waals surface area contributed by atoms with E-state index in [-0.39, 0.29) is 5.41 Å². The van der Waals surface area contributed by atoms with Crippen molar-refractivity contribution in [2.24, 2.45) is 4.99 Å². The molecule has 0 atom stereocenters. The zero-order chi connectivity index (χ0) is 21.4. The maximum absolute atomic E-state index is 5.82. The van der Waals surface area contributed by atoms with Crippen molar-refractivity contribution in [3.05, 3.63) is 42.0 Å². The summed E-state index contributed by atoms with van der Waals surface area (Å²) in [6.07, 6.45) is 0. The minimum atomic E-state index is -0.153. The number of ether oxygens (including phenoxy) is 1. The summed E-state index contributed by atoms with van der Waals surface area (Å²) in [6, 6.07) is 9.97. The molecule has 164 valence electrons. The van der Waals surface area contributed by atoms with E-state index in [4.69, 9.17) is 14.3 Å². The standard InChI is InChI=1S/C22H34N6O2/c1-5-23-21(24-17-19-25-20(30-26-19)22(2,3)4)28-13-11-27(12-14-28)15-16-29-18-9-7-6-8-10-18/h6-10H,5,11-17H2,1-4H3,(H,23,24). The molecular formula is C22H34N6O2. The van der Waals surface area contributed by atoms with Gasteiger partial charge in [-0.15, -0.1) is 0 Å². The fraction of sp³-hybridized carbons (Fsp3) is 0.591. The Labute approximate surface area is 179 Å². The molecule has 0 radical (unpaired) electrons. The molecule has 1 N–H and O–H groups in total. The monoisotopic (exact) mass is 414 g/mol. The number of benzene rings is 1. The third-order valence-corrected chi connectivity index (χ3v) is 4.91. The Morgan fingerprint density at radius 1 is 1.17 bits per heavy atom. The predicted octanol–water partition coefficient (Wildman–Crippen LogP) is 2.53. The second-order valence-electron chi connectivity index (χ2n) is 8.43.